The average molecular weight is 364 g/mol. The van der Waals surface area contributed by atoms with Crippen LogP contribution in [0.4, 0.5) is 19.1 Å². The van der Waals surface area contributed by atoms with Crippen LogP contribution in [-0.4, -0.2) is 25.1 Å². The normalized spacial score (nSPS) is 12.8. The molecular formula is C16H15F3N6O. The maximum absolute atomic E-state index is 12.5. The molecule has 136 valence electrons. The maximum atomic E-state index is 12.5. The minimum Gasteiger partial charge on any atom is -0.346 e. The Balaban J connectivity index is 1.75. The predicted octanol–water partition coefficient (Wildman–Crippen LogP) is 3.89. The Morgan fingerprint density at radius 1 is 1.15 bits per heavy atom. The highest BCUT2D eigenvalue weighted by Gasteiger charge is 2.38. The third-order valence-corrected chi connectivity index (χ3v) is 3.50. The van der Waals surface area contributed by atoms with Gasteiger partial charge in [0.15, 0.2) is 0 Å². The number of anilines is 1. The lowest BCUT2D eigenvalue weighted by Crippen LogP contribution is -2.14. The molecule has 3 heterocycles. The number of hydrogen-bond acceptors (Lipinski definition) is 7. The number of nitrogens with one attached hydrogen (secondary N) is 1. The van der Waals surface area contributed by atoms with Crippen LogP contribution in [0.2, 0.25) is 0 Å². The first-order valence-corrected chi connectivity index (χ1v) is 7.88. The molecule has 10 heteroatoms. The SMILES string of the molecule is CCCC(Nc1ncc(-c2noc(C(F)(F)F)n2)cn1)c1ccccn1. The largest absolute Gasteiger partial charge is 0.471 e. The van der Waals surface area contributed by atoms with Crippen LogP contribution in [0.3, 0.4) is 0 Å². The molecule has 0 bridgehead atoms. The van der Waals surface area contributed by atoms with Gasteiger partial charge in [0.05, 0.1) is 17.3 Å². The molecule has 0 saturated heterocycles. The van der Waals surface area contributed by atoms with E-state index in [1.165, 1.54) is 12.4 Å². The minimum atomic E-state index is -4.69. The molecule has 0 aliphatic rings. The van der Waals surface area contributed by atoms with Crippen molar-refractivity contribution < 1.29 is 17.7 Å². The van der Waals surface area contributed by atoms with Crippen molar-refractivity contribution in [1.82, 2.24) is 25.1 Å². The number of rotatable bonds is 6. The molecule has 3 aromatic heterocycles. The first-order valence-electron chi connectivity index (χ1n) is 7.88. The lowest BCUT2D eigenvalue weighted by Gasteiger charge is -2.17. The van der Waals surface area contributed by atoms with Crippen LogP contribution in [0.5, 0.6) is 0 Å². The summed E-state index contributed by atoms with van der Waals surface area (Å²) in [6.45, 7) is 2.05. The Kier molecular flexibility index (Phi) is 5.10. The number of halogens is 3. The highest BCUT2D eigenvalue weighted by atomic mass is 19.4. The summed E-state index contributed by atoms with van der Waals surface area (Å²) in [5, 5.41) is 6.48. The molecule has 0 spiro atoms. The number of alkyl halides is 3. The molecule has 3 rings (SSSR count). The van der Waals surface area contributed by atoms with Crippen molar-refractivity contribution in [2.24, 2.45) is 0 Å². The van der Waals surface area contributed by atoms with Crippen LogP contribution in [-0.2, 0) is 6.18 Å². The van der Waals surface area contributed by atoms with Crippen molar-refractivity contribution in [1.29, 1.82) is 0 Å². The van der Waals surface area contributed by atoms with Gasteiger partial charge < -0.3 is 9.84 Å². The molecule has 1 N–H and O–H groups in total. The Bertz CT molecular complexity index is 835. The Hall–Kier alpha value is -3.04. The van der Waals surface area contributed by atoms with Crippen LogP contribution in [0.15, 0.2) is 41.3 Å². The third kappa shape index (κ3) is 4.13. The lowest BCUT2D eigenvalue weighted by molar-refractivity contribution is -0.159. The van der Waals surface area contributed by atoms with E-state index in [1.54, 1.807) is 6.20 Å². The molecule has 0 aliphatic carbocycles. The van der Waals surface area contributed by atoms with Crippen molar-refractivity contribution in [3.8, 4) is 11.4 Å². The Labute approximate surface area is 146 Å². The molecule has 0 radical (unpaired) electrons. The summed E-state index contributed by atoms with van der Waals surface area (Å²) >= 11 is 0. The summed E-state index contributed by atoms with van der Waals surface area (Å²) in [7, 11) is 0. The van der Waals surface area contributed by atoms with E-state index < -0.39 is 12.1 Å². The Morgan fingerprint density at radius 3 is 2.50 bits per heavy atom. The quantitative estimate of drug-likeness (QED) is 0.709. The summed E-state index contributed by atoms with van der Waals surface area (Å²) in [6, 6.07) is 5.55. The zero-order valence-electron chi connectivity index (χ0n) is 13.7. The first-order chi connectivity index (χ1) is 12.5. The predicted molar refractivity (Wildman–Crippen MR) is 85.8 cm³/mol. The van der Waals surface area contributed by atoms with E-state index in [1.807, 2.05) is 18.2 Å². The van der Waals surface area contributed by atoms with E-state index in [0.717, 1.165) is 18.5 Å². The van der Waals surface area contributed by atoms with Crippen molar-refractivity contribution in [2.75, 3.05) is 5.32 Å². The van der Waals surface area contributed by atoms with Crippen LogP contribution in [0, 0.1) is 0 Å². The van der Waals surface area contributed by atoms with Gasteiger partial charge in [-0.3, -0.25) is 4.98 Å². The zero-order chi connectivity index (χ0) is 18.6. The molecule has 0 amide bonds. The van der Waals surface area contributed by atoms with Crippen LogP contribution < -0.4 is 5.32 Å². The fourth-order valence-corrected chi connectivity index (χ4v) is 2.29. The molecule has 0 aliphatic heterocycles. The maximum Gasteiger partial charge on any atom is 0.471 e. The highest BCUT2D eigenvalue weighted by Crippen LogP contribution is 2.29. The van der Waals surface area contributed by atoms with Gasteiger partial charge in [0.25, 0.3) is 0 Å². The fourth-order valence-electron chi connectivity index (χ4n) is 2.29. The second-order valence-corrected chi connectivity index (χ2v) is 5.46. The summed E-state index contributed by atoms with van der Waals surface area (Å²) in [4.78, 5) is 15.9. The molecule has 7 nitrogen and oxygen atoms in total. The smallest absolute Gasteiger partial charge is 0.346 e. The second kappa shape index (κ2) is 7.46. The van der Waals surface area contributed by atoms with Crippen molar-refractivity contribution >= 4 is 5.95 Å². The standard InChI is InChI=1S/C16H15F3N6O/c1-2-5-12(11-6-3-4-7-20-11)23-15-21-8-10(9-22-15)13-24-14(26-25-13)16(17,18)19/h3-4,6-9,12H,2,5H2,1H3,(H,21,22,23). The lowest BCUT2D eigenvalue weighted by atomic mass is 10.1. The summed E-state index contributed by atoms with van der Waals surface area (Å²) < 4.78 is 41.7. The van der Waals surface area contributed by atoms with Gasteiger partial charge in [-0.1, -0.05) is 24.6 Å². The number of hydrogen-bond donors (Lipinski definition) is 1. The second-order valence-electron chi connectivity index (χ2n) is 5.46. The van der Waals surface area contributed by atoms with E-state index >= 15 is 0 Å². The van der Waals surface area contributed by atoms with Gasteiger partial charge in [0.1, 0.15) is 0 Å². The molecular weight excluding hydrogens is 349 g/mol. The molecule has 0 saturated carbocycles. The zero-order valence-corrected chi connectivity index (χ0v) is 13.7. The molecule has 26 heavy (non-hydrogen) atoms. The molecule has 1 unspecified atom stereocenters. The van der Waals surface area contributed by atoms with Gasteiger partial charge in [-0.15, -0.1) is 0 Å². The van der Waals surface area contributed by atoms with Crippen molar-refractivity contribution in [2.45, 2.75) is 32.0 Å². The van der Waals surface area contributed by atoms with E-state index in [4.69, 9.17) is 0 Å². The van der Waals surface area contributed by atoms with E-state index in [0.29, 0.717) is 5.95 Å². The van der Waals surface area contributed by atoms with Gasteiger partial charge in [-0.2, -0.15) is 18.2 Å². The monoisotopic (exact) mass is 364 g/mol. The summed E-state index contributed by atoms with van der Waals surface area (Å²) in [6.07, 6.45) is 1.43. The average Bonchev–Trinajstić information content (AvgIpc) is 3.13. The molecule has 0 fully saturated rings. The van der Waals surface area contributed by atoms with E-state index in [9.17, 15) is 13.2 Å². The highest BCUT2D eigenvalue weighted by molar-refractivity contribution is 5.52. The Morgan fingerprint density at radius 2 is 1.92 bits per heavy atom. The van der Waals surface area contributed by atoms with Crippen LogP contribution >= 0.6 is 0 Å². The van der Waals surface area contributed by atoms with Gasteiger partial charge in [-0.05, 0) is 18.6 Å². The van der Waals surface area contributed by atoms with E-state index in [-0.39, 0.29) is 17.4 Å². The summed E-state index contributed by atoms with van der Waals surface area (Å²) in [5.41, 5.74) is 1.08. The van der Waals surface area contributed by atoms with Gasteiger partial charge in [0, 0.05) is 18.6 Å². The number of nitrogens with zero attached hydrogens (tertiary/aromatic N) is 5. The third-order valence-electron chi connectivity index (χ3n) is 3.50. The van der Waals surface area contributed by atoms with Crippen LogP contribution in [0.1, 0.15) is 37.4 Å². The van der Waals surface area contributed by atoms with Crippen molar-refractivity contribution in [3.63, 3.8) is 0 Å². The fraction of sp³-hybridized carbons (Fsp3) is 0.312. The minimum absolute atomic E-state index is 0.0749. The van der Waals surface area contributed by atoms with Gasteiger partial charge in [-0.25, -0.2) is 9.97 Å². The van der Waals surface area contributed by atoms with Crippen molar-refractivity contribution in [3.05, 3.63) is 48.4 Å². The van der Waals surface area contributed by atoms with E-state index in [2.05, 4.69) is 41.9 Å². The number of pyridine rings is 1. The van der Waals surface area contributed by atoms with Gasteiger partial charge in [0.2, 0.25) is 11.8 Å². The molecule has 3 aromatic rings. The van der Waals surface area contributed by atoms with Gasteiger partial charge >= 0.3 is 12.1 Å². The number of aromatic nitrogens is 5. The topological polar surface area (TPSA) is 89.6 Å². The first kappa shape index (κ1) is 17.8. The molecule has 1 atom stereocenters. The summed E-state index contributed by atoms with van der Waals surface area (Å²) in [5.74, 6) is -1.30. The molecule has 0 aromatic carbocycles. The van der Waals surface area contributed by atoms with Crippen LogP contribution in [0.25, 0.3) is 11.4 Å².